The minimum atomic E-state index is -3.53. The van der Waals surface area contributed by atoms with Crippen LogP contribution in [0, 0.1) is 6.92 Å². The average Bonchev–Trinajstić information content (AvgIpc) is 2.69. The molecule has 1 aliphatic heterocycles. The number of benzene rings is 2. The average molecular weight is 422 g/mol. The van der Waals surface area contributed by atoms with Gasteiger partial charge in [0.05, 0.1) is 22.2 Å². The number of anilines is 2. The Morgan fingerprint density at radius 2 is 1.82 bits per heavy atom. The summed E-state index contributed by atoms with van der Waals surface area (Å²) in [5.74, 6) is -0.269. The second-order valence-corrected chi connectivity index (χ2v) is 9.14. The van der Waals surface area contributed by atoms with Crippen LogP contribution in [0.4, 0.5) is 11.4 Å². The fourth-order valence-corrected chi connectivity index (χ4v) is 5.12. The summed E-state index contributed by atoms with van der Waals surface area (Å²) >= 11 is 6.04. The zero-order valence-electron chi connectivity index (χ0n) is 15.7. The van der Waals surface area contributed by atoms with E-state index in [0.717, 1.165) is 19.3 Å². The maximum atomic E-state index is 13.0. The van der Waals surface area contributed by atoms with E-state index in [4.69, 9.17) is 11.6 Å². The van der Waals surface area contributed by atoms with Gasteiger partial charge in [-0.2, -0.15) is 4.31 Å². The number of sulfonamides is 1. The van der Waals surface area contributed by atoms with E-state index in [9.17, 15) is 13.2 Å². The SMILES string of the molecule is Cc1ccc(NCC(=O)Nc2ccccc2Cl)cc1S(=O)(=O)N1CCCCC1. The lowest BCUT2D eigenvalue weighted by Gasteiger charge is -2.26. The van der Waals surface area contributed by atoms with Gasteiger partial charge in [-0.15, -0.1) is 0 Å². The highest BCUT2D eigenvalue weighted by Gasteiger charge is 2.27. The number of nitrogens with one attached hydrogen (secondary N) is 2. The summed E-state index contributed by atoms with van der Waals surface area (Å²) < 4.78 is 27.5. The van der Waals surface area contributed by atoms with Crippen LogP contribution in [0.2, 0.25) is 5.02 Å². The number of nitrogens with zero attached hydrogens (tertiary/aromatic N) is 1. The van der Waals surface area contributed by atoms with Crippen molar-refractivity contribution < 1.29 is 13.2 Å². The van der Waals surface area contributed by atoms with E-state index in [1.54, 1.807) is 53.7 Å². The summed E-state index contributed by atoms with van der Waals surface area (Å²) in [4.78, 5) is 12.5. The molecule has 0 bridgehead atoms. The van der Waals surface area contributed by atoms with Crippen molar-refractivity contribution in [2.45, 2.75) is 31.1 Å². The van der Waals surface area contributed by atoms with Crippen molar-refractivity contribution in [1.29, 1.82) is 0 Å². The number of para-hydroxylation sites is 1. The van der Waals surface area contributed by atoms with Crippen molar-refractivity contribution in [3.63, 3.8) is 0 Å². The van der Waals surface area contributed by atoms with Crippen molar-refractivity contribution in [1.82, 2.24) is 4.31 Å². The zero-order valence-corrected chi connectivity index (χ0v) is 17.3. The number of piperidine rings is 1. The monoisotopic (exact) mass is 421 g/mol. The summed E-state index contributed by atoms with van der Waals surface area (Å²) in [6.45, 7) is 2.89. The number of aryl methyl sites for hydroxylation is 1. The van der Waals surface area contributed by atoms with Gasteiger partial charge in [0.2, 0.25) is 15.9 Å². The summed E-state index contributed by atoms with van der Waals surface area (Å²) in [6.07, 6.45) is 2.84. The number of rotatable bonds is 6. The third kappa shape index (κ3) is 4.84. The van der Waals surface area contributed by atoms with Crippen LogP contribution in [-0.2, 0) is 14.8 Å². The van der Waals surface area contributed by atoms with E-state index in [1.165, 1.54) is 0 Å². The molecule has 0 radical (unpaired) electrons. The zero-order chi connectivity index (χ0) is 20.1. The van der Waals surface area contributed by atoms with E-state index in [-0.39, 0.29) is 17.3 Å². The minimum Gasteiger partial charge on any atom is -0.376 e. The van der Waals surface area contributed by atoms with E-state index in [0.29, 0.717) is 35.1 Å². The van der Waals surface area contributed by atoms with Crippen molar-refractivity contribution >= 4 is 38.9 Å². The molecule has 1 fully saturated rings. The Balaban J connectivity index is 1.69. The van der Waals surface area contributed by atoms with Gasteiger partial charge in [0.25, 0.3) is 0 Å². The first-order chi connectivity index (χ1) is 13.4. The molecule has 6 nitrogen and oxygen atoms in total. The van der Waals surface area contributed by atoms with Crippen LogP contribution in [0.25, 0.3) is 0 Å². The smallest absolute Gasteiger partial charge is 0.243 e. The molecular weight excluding hydrogens is 398 g/mol. The maximum Gasteiger partial charge on any atom is 0.243 e. The van der Waals surface area contributed by atoms with E-state index in [2.05, 4.69) is 10.6 Å². The standard InChI is InChI=1S/C20H24ClN3O3S/c1-15-9-10-16(13-19(15)28(26,27)24-11-5-2-6-12-24)22-14-20(25)23-18-8-4-3-7-17(18)21/h3-4,7-10,13,22H,2,5-6,11-12,14H2,1H3,(H,23,25). The predicted molar refractivity (Wildman–Crippen MR) is 112 cm³/mol. The van der Waals surface area contributed by atoms with Gasteiger partial charge in [-0.3, -0.25) is 4.79 Å². The highest BCUT2D eigenvalue weighted by molar-refractivity contribution is 7.89. The lowest BCUT2D eigenvalue weighted by Crippen LogP contribution is -2.36. The van der Waals surface area contributed by atoms with E-state index >= 15 is 0 Å². The van der Waals surface area contributed by atoms with Gasteiger partial charge in [0.15, 0.2) is 0 Å². The number of carbonyl (C=O) groups is 1. The predicted octanol–water partition coefficient (Wildman–Crippen LogP) is 3.87. The Morgan fingerprint density at radius 3 is 2.54 bits per heavy atom. The van der Waals surface area contributed by atoms with Crippen LogP contribution in [0.15, 0.2) is 47.4 Å². The van der Waals surface area contributed by atoms with Crippen LogP contribution in [0.3, 0.4) is 0 Å². The fourth-order valence-electron chi connectivity index (χ4n) is 3.17. The molecule has 150 valence electrons. The maximum absolute atomic E-state index is 13.0. The van der Waals surface area contributed by atoms with Crippen molar-refractivity contribution in [2.24, 2.45) is 0 Å². The quantitative estimate of drug-likeness (QED) is 0.742. The summed E-state index contributed by atoms with van der Waals surface area (Å²) in [5, 5.41) is 6.18. The molecule has 1 heterocycles. The molecule has 2 aromatic carbocycles. The molecular formula is C20H24ClN3O3S. The molecule has 2 aromatic rings. The Kier molecular flexibility index (Phi) is 6.59. The number of amides is 1. The van der Waals surface area contributed by atoms with Crippen LogP contribution < -0.4 is 10.6 Å². The van der Waals surface area contributed by atoms with E-state index < -0.39 is 10.0 Å². The fraction of sp³-hybridized carbons (Fsp3) is 0.350. The summed E-state index contributed by atoms with van der Waals surface area (Å²) in [5.41, 5.74) is 1.81. The molecule has 0 spiro atoms. The first-order valence-electron chi connectivity index (χ1n) is 9.27. The molecule has 0 saturated carbocycles. The van der Waals surface area contributed by atoms with Crippen LogP contribution >= 0.6 is 11.6 Å². The third-order valence-corrected chi connectivity index (χ3v) is 7.09. The van der Waals surface area contributed by atoms with Gasteiger partial charge in [-0.25, -0.2) is 8.42 Å². The summed E-state index contributed by atoms with van der Waals surface area (Å²) in [7, 11) is -3.53. The lowest BCUT2D eigenvalue weighted by atomic mass is 10.2. The Labute approximate surface area is 170 Å². The van der Waals surface area contributed by atoms with Crippen molar-refractivity contribution in [3.8, 4) is 0 Å². The van der Waals surface area contributed by atoms with Gasteiger partial charge in [0.1, 0.15) is 0 Å². The van der Waals surface area contributed by atoms with Gasteiger partial charge >= 0.3 is 0 Å². The lowest BCUT2D eigenvalue weighted by molar-refractivity contribution is -0.114. The van der Waals surface area contributed by atoms with Gasteiger partial charge in [-0.05, 0) is 49.6 Å². The number of hydrogen-bond donors (Lipinski definition) is 2. The molecule has 1 saturated heterocycles. The van der Waals surface area contributed by atoms with Gasteiger partial charge < -0.3 is 10.6 Å². The molecule has 1 amide bonds. The molecule has 3 rings (SSSR count). The second kappa shape index (κ2) is 8.94. The molecule has 0 aliphatic carbocycles. The highest BCUT2D eigenvalue weighted by atomic mass is 35.5. The molecule has 0 unspecified atom stereocenters. The number of halogens is 1. The molecule has 1 aliphatic rings. The van der Waals surface area contributed by atoms with Crippen LogP contribution in [0.5, 0.6) is 0 Å². The normalized spacial score (nSPS) is 15.2. The van der Waals surface area contributed by atoms with Crippen LogP contribution in [0.1, 0.15) is 24.8 Å². The third-order valence-electron chi connectivity index (χ3n) is 4.72. The molecule has 0 aromatic heterocycles. The molecule has 28 heavy (non-hydrogen) atoms. The van der Waals surface area contributed by atoms with Crippen molar-refractivity contribution in [2.75, 3.05) is 30.3 Å². The summed E-state index contributed by atoms with van der Waals surface area (Å²) in [6, 6.07) is 12.1. The Morgan fingerprint density at radius 1 is 1.11 bits per heavy atom. The number of hydrogen-bond acceptors (Lipinski definition) is 4. The second-order valence-electron chi connectivity index (χ2n) is 6.83. The molecule has 8 heteroatoms. The minimum absolute atomic E-state index is 0.00249. The van der Waals surface area contributed by atoms with Crippen molar-refractivity contribution in [3.05, 3.63) is 53.1 Å². The Hall–Kier alpha value is -2.09. The van der Waals surface area contributed by atoms with Gasteiger partial charge in [-0.1, -0.05) is 36.2 Å². The van der Waals surface area contributed by atoms with Crippen LogP contribution in [-0.4, -0.2) is 38.3 Å². The van der Waals surface area contributed by atoms with Gasteiger partial charge in [0, 0.05) is 18.8 Å². The molecule has 2 N–H and O–H groups in total. The van der Waals surface area contributed by atoms with E-state index in [1.807, 2.05) is 0 Å². The largest absolute Gasteiger partial charge is 0.376 e. The number of carbonyl (C=O) groups excluding carboxylic acids is 1. The Bertz CT molecular complexity index is 957. The topological polar surface area (TPSA) is 78.5 Å². The molecule has 0 atom stereocenters. The highest BCUT2D eigenvalue weighted by Crippen LogP contribution is 2.26. The first-order valence-corrected chi connectivity index (χ1v) is 11.1. The first kappa shape index (κ1) is 20.6.